The second-order valence-corrected chi connectivity index (χ2v) is 51.2. The van der Waals surface area contributed by atoms with Crippen LogP contribution >= 0.6 is 0 Å². The quantitative estimate of drug-likeness (QED) is 0.0149. The maximum atomic E-state index is 11.4. The van der Waals surface area contributed by atoms with E-state index in [4.69, 9.17) is 45.5 Å². The van der Waals surface area contributed by atoms with Crippen LogP contribution in [0.3, 0.4) is 0 Å². The molecule has 0 spiro atoms. The highest BCUT2D eigenvalue weighted by atomic mass is 28.5. The molecule has 2 atom stereocenters. The first kappa shape index (κ1) is 96.1. The van der Waals surface area contributed by atoms with Crippen molar-refractivity contribution < 1.29 is 60.5 Å². The Morgan fingerprint density at radius 2 is 0.800 bits per heavy atom. The minimum Gasteiger partial charge on any atom is -0.509 e. The third-order valence-electron chi connectivity index (χ3n) is 16.2. The van der Waals surface area contributed by atoms with Gasteiger partial charge in [-0.3, -0.25) is 0 Å². The number of carbonyl (C=O) groups excluding carboxylic acids is 1. The second kappa shape index (κ2) is 55.6. The molecular weight excluding hydrogens is 1260 g/mol. The molecule has 0 aliphatic carbocycles. The molecule has 2 N–H and O–H groups in total. The van der Waals surface area contributed by atoms with Crippen LogP contribution in [0.25, 0.3) is 0 Å². The van der Waals surface area contributed by atoms with Gasteiger partial charge in [-0.1, -0.05) is 237 Å². The van der Waals surface area contributed by atoms with E-state index in [0.717, 1.165) is 44.9 Å². The largest absolute Gasteiger partial charge is 0.509 e. The molecule has 17 heteroatoms. The van der Waals surface area contributed by atoms with Crippen LogP contribution in [0.1, 0.15) is 314 Å². The molecule has 13 nitrogen and oxygen atoms in total. The second-order valence-electron chi connectivity index (χ2n) is 34.2. The van der Waals surface area contributed by atoms with E-state index in [1.165, 1.54) is 180 Å². The van der Waals surface area contributed by atoms with Crippen LogP contribution in [0.4, 0.5) is 0 Å². The molecule has 0 radical (unpaired) electrons. The zero-order valence-electron chi connectivity index (χ0n) is 66.9. The fourth-order valence-corrected chi connectivity index (χ4v) is 25.9. The lowest BCUT2D eigenvalue weighted by molar-refractivity contribution is -0.407. The molecule has 0 aliphatic heterocycles. The molecule has 0 saturated carbocycles. The highest BCUT2D eigenvalue weighted by Gasteiger charge is 2.49. The fraction of sp³-hybridized carbons (Fsp3) is 0.936. The van der Waals surface area contributed by atoms with Crippen molar-refractivity contribution in [3.8, 4) is 0 Å². The highest BCUT2D eigenvalue weighted by Crippen LogP contribution is 2.36. The average Bonchev–Trinajstić information content (AvgIpc) is 0.820. The van der Waals surface area contributed by atoms with E-state index in [0.29, 0.717) is 87.0 Å². The van der Waals surface area contributed by atoms with E-state index in [1.807, 2.05) is 6.92 Å². The lowest BCUT2D eigenvalue weighted by Crippen LogP contribution is -2.60. The van der Waals surface area contributed by atoms with E-state index in [9.17, 15) is 15.0 Å². The van der Waals surface area contributed by atoms with Gasteiger partial charge in [0.25, 0.3) is 5.97 Å². The molecule has 0 heterocycles. The van der Waals surface area contributed by atoms with Crippen molar-refractivity contribution in [1.29, 1.82) is 0 Å². The topological polar surface area (TPSA) is 150 Å². The van der Waals surface area contributed by atoms with E-state index in [2.05, 4.69) is 135 Å². The summed E-state index contributed by atoms with van der Waals surface area (Å²) in [6, 6.07) is 0.687. The summed E-state index contributed by atoms with van der Waals surface area (Å²) in [5.74, 6) is -1.07. The summed E-state index contributed by atoms with van der Waals surface area (Å²) in [6.45, 7) is 54.4. The van der Waals surface area contributed by atoms with E-state index in [1.54, 1.807) is 6.92 Å². The smallest absolute Gasteiger partial charge is 0.469 e. The number of esters is 1. The SMILES string of the molecule is C=C(C)C(=O)OCC(O)COCCC[Si](O[Si](C)(C)C)(O[Si](C)(C)C)O[Si](C)(C)C.CCCCCCCCC(CCCOCCCOC=C(O)CC)C(OCCCCCCCCCC(C)(C)C)(OCCCCCCCCCC(C)(C)C)OCCCCCCCCCC(C)(C)C. The maximum Gasteiger partial charge on any atom is 0.469 e. The Morgan fingerprint density at radius 1 is 0.442 bits per heavy atom. The predicted molar refractivity (Wildman–Crippen MR) is 414 cm³/mol. The van der Waals surface area contributed by atoms with Gasteiger partial charge in [0.15, 0.2) is 25.0 Å². The fourth-order valence-electron chi connectivity index (χ4n) is 11.3. The van der Waals surface area contributed by atoms with Gasteiger partial charge in [0.05, 0.1) is 33.0 Å². The molecule has 0 aromatic rings. The number of aliphatic hydroxyl groups excluding tert-OH is 2. The standard InChI is InChI=1S/C59H118O6.C19H44O7Si4/c1-12-14-15-16-26-33-42-54(43-40-47-61-48-41-49-62-53-55(60)13-2)59(63-50-37-30-23-17-20-27-34-44-56(3,4)5,64-51-38-31-24-18-21-28-35-45-57(6,7)8)65-52-39-32-25-19-22-29-36-46-58(9,10)11;1-17(2)19(21)23-16-18(20)15-22-13-12-14-30(24-27(3,4)5,25-28(6,7)8)26-29(9,10)11/h53-54,60H,12-52H2,1-11H3;18,20H,1,12-16H2,2-11H3. The van der Waals surface area contributed by atoms with Crippen molar-refractivity contribution in [2.75, 3.05) is 59.5 Å². The number of unbranched alkanes of at least 4 members (excludes halogenated alkanes) is 23. The summed E-state index contributed by atoms with van der Waals surface area (Å²) < 4.78 is 63.3. The summed E-state index contributed by atoms with van der Waals surface area (Å²) in [4.78, 5) is 11.4. The Labute approximate surface area is 594 Å². The highest BCUT2D eigenvalue weighted by molar-refractivity contribution is 6.90. The number of hydrogen-bond donors (Lipinski definition) is 2. The monoisotopic (exact) mass is 1420 g/mol. The van der Waals surface area contributed by atoms with Crippen molar-refractivity contribution in [2.24, 2.45) is 22.2 Å². The number of allylic oxidation sites excluding steroid dienone is 1. The van der Waals surface area contributed by atoms with Gasteiger partial charge in [0.1, 0.15) is 24.7 Å². The van der Waals surface area contributed by atoms with Gasteiger partial charge in [-0.15, -0.1) is 0 Å². The first-order valence-electron chi connectivity index (χ1n) is 39.1. The van der Waals surface area contributed by atoms with Gasteiger partial charge in [-0.2, -0.15) is 0 Å². The summed E-state index contributed by atoms with van der Waals surface area (Å²) in [5, 5.41) is 19.6. The first-order chi connectivity index (χ1) is 44.4. The van der Waals surface area contributed by atoms with Gasteiger partial charge in [0, 0.05) is 50.2 Å². The van der Waals surface area contributed by atoms with Crippen molar-refractivity contribution >= 4 is 39.7 Å². The van der Waals surface area contributed by atoms with Crippen LogP contribution in [0, 0.1) is 22.2 Å². The number of hydrogen-bond acceptors (Lipinski definition) is 13. The van der Waals surface area contributed by atoms with Crippen molar-refractivity contribution in [1.82, 2.24) is 0 Å². The van der Waals surface area contributed by atoms with Gasteiger partial charge in [-0.05, 0) is 146 Å². The minimum atomic E-state index is -2.86. The number of aliphatic hydroxyl groups is 2. The van der Waals surface area contributed by atoms with E-state index in [-0.39, 0.29) is 24.9 Å². The normalized spacial score (nSPS) is 13.9. The molecule has 0 aromatic carbocycles. The van der Waals surface area contributed by atoms with Gasteiger partial charge < -0.3 is 55.7 Å². The molecule has 0 bridgehead atoms. The number of rotatable bonds is 63. The van der Waals surface area contributed by atoms with Crippen LogP contribution < -0.4 is 0 Å². The summed E-state index contributed by atoms with van der Waals surface area (Å²) >= 11 is 0. The Balaban J connectivity index is 0. The first-order valence-corrected chi connectivity index (χ1v) is 51.2. The molecule has 568 valence electrons. The van der Waals surface area contributed by atoms with Crippen LogP contribution in [0.2, 0.25) is 65.0 Å². The van der Waals surface area contributed by atoms with Crippen LogP contribution in [-0.4, -0.2) is 121 Å². The molecule has 2 unspecified atom stereocenters. The van der Waals surface area contributed by atoms with Crippen molar-refractivity contribution in [3.63, 3.8) is 0 Å². The third kappa shape index (κ3) is 66.1. The van der Waals surface area contributed by atoms with Gasteiger partial charge in [-0.25, -0.2) is 4.79 Å². The number of carbonyl (C=O) groups is 1. The molecule has 0 saturated heterocycles. The maximum absolute atomic E-state index is 11.4. The third-order valence-corrected chi connectivity index (χ3v) is 28.3. The predicted octanol–water partition coefficient (Wildman–Crippen LogP) is 23.9. The van der Waals surface area contributed by atoms with E-state index < -0.39 is 51.8 Å². The Morgan fingerprint density at radius 3 is 1.18 bits per heavy atom. The van der Waals surface area contributed by atoms with Crippen molar-refractivity contribution in [3.05, 3.63) is 24.2 Å². The van der Waals surface area contributed by atoms with E-state index >= 15 is 0 Å². The Kier molecular flexibility index (Phi) is 56.3. The zero-order chi connectivity index (χ0) is 72.2. The lowest BCUT2D eigenvalue weighted by atomic mass is 9.89. The molecule has 0 aromatic heterocycles. The minimum absolute atomic E-state index is 0.0939. The van der Waals surface area contributed by atoms with Crippen LogP contribution in [0.15, 0.2) is 24.2 Å². The molecule has 95 heavy (non-hydrogen) atoms. The zero-order valence-corrected chi connectivity index (χ0v) is 70.9. The summed E-state index contributed by atoms with van der Waals surface area (Å²) in [5.41, 5.74) is 1.63. The summed E-state index contributed by atoms with van der Waals surface area (Å²) in [6.07, 6.45) is 44.0. The number of ether oxygens (including phenoxy) is 7. The van der Waals surface area contributed by atoms with Crippen molar-refractivity contribution in [2.45, 2.75) is 391 Å². The average molecular weight is 1420 g/mol. The Bertz CT molecular complexity index is 1700. The molecule has 0 amide bonds. The van der Waals surface area contributed by atoms with Crippen LogP contribution in [0.5, 0.6) is 0 Å². The lowest BCUT2D eigenvalue weighted by Gasteiger charge is -2.42. The van der Waals surface area contributed by atoms with Crippen LogP contribution in [-0.2, 0) is 50.3 Å². The molecule has 0 aliphatic rings. The summed E-state index contributed by atoms with van der Waals surface area (Å²) in [7, 11) is -8.53. The Hall–Kier alpha value is -0.942. The van der Waals surface area contributed by atoms with Gasteiger partial charge >= 0.3 is 14.8 Å². The van der Waals surface area contributed by atoms with Gasteiger partial charge in [0.2, 0.25) is 0 Å². The molecule has 0 rings (SSSR count). The molecule has 0 fully saturated rings. The molecular formula is C78H162O13Si4.